The van der Waals surface area contributed by atoms with E-state index in [4.69, 9.17) is 18.9 Å². The quantitative estimate of drug-likeness (QED) is 0.0810. The van der Waals surface area contributed by atoms with E-state index >= 15 is 0 Å². The Balaban J connectivity index is 0.915. The van der Waals surface area contributed by atoms with E-state index in [0.29, 0.717) is 23.0 Å². The standard InChI is InChI=1S/C44H28N2O10/c1-25-6-3-8-29(20-25)53-31-10-5-11-32(22-31)54-30-9-4-7-28(21-30)46-41(49)36-19-17-34(24-38(36)42(46)50)56-44(52)27-14-12-26(13-15-27)43(51)55-33-16-18-35-37(23-33)40(48)45(2)39(35)47/h3-24H,1-2H3. The Hall–Kier alpha value is -7.86. The molecule has 0 fully saturated rings. The molecule has 4 amide bonds. The van der Waals surface area contributed by atoms with Gasteiger partial charge in [0.1, 0.15) is 34.5 Å². The fourth-order valence-corrected chi connectivity index (χ4v) is 6.23. The van der Waals surface area contributed by atoms with Crippen LogP contribution in [0.4, 0.5) is 5.69 Å². The molecule has 2 aliphatic heterocycles. The lowest BCUT2D eigenvalue weighted by Crippen LogP contribution is -2.29. The van der Waals surface area contributed by atoms with Gasteiger partial charge in [0.2, 0.25) is 0 Å². The van der Waals surface area contributed by atoms with E-state index in [9.17, 15) is 28.8 Å². The molecule has 274 valence electrons. The van der Waals surface area contributed by atoms with Crippen LogP contribution in [0.2, 0.25) is 0 Å². The third-order valence-corrected chi connectivity index (χ3v) is 9.04. The highest BCUT2D eigenvalue weighted by Gasteiger charge is 2.37. The number of aryl methyl sites for hydroxylation is 1. The Bertz CT molecular complexity index is 2650. The van der Waals surface area contributed by atoms with Crippen LogP contribution in [0, 0.1) is 6.92 Å². The SMILES string of the molecule is Cc1cccc(Oc2cccc(Oc3cccc(N4C(=O)c5ccc(OC(=O)c6ccc(C(=O)Oc7ccc8c(c7)C(=O)N(C)C8=O)cc6)cc5C4=O)c3)c2)c1. The number of hydrogen-bond donors (Lipinski definition) is 0. The number of esters is 2. The molecule has 0 aliphatic carbocycles. The van der Waals surface area contributed by atoms with Gasteiger partial charge in [-0.25, -0.2) is 14.5 Å². The fourth-order valence-electron chi connectivity index (χ4n) is 6.23. The number of hydrogen-bond acceptors (Lipinski definition) is 10. The average Bonchev–Trinajstić information content (AvgIpc) is 3.57. The number of carbonyl (C=O) groups excluding carboxylic acids is 6. The van der Waals surface area contributed by atoms with Crippen LogP contribution in [0.15, 0.2) is 133 Å². The van der Waals surface area contributed by atoms with Crippen molar-refractivity contribution in [3.05, 3.63) is 172 Å². The van der Waals surface area contributed by atoms with Crippen molar-refractivity contribution in [1.82, 2.24) is 4.90 Å². The molecule has 0 unspecified atom stereocenters. The van der Waals surface area contributed by atoms with Crippen molar-refractivity contribution in [2.24, 2.45) is 0 Å². The highest BCUT2D eigenvalue weighted by atomic mass is 16.5. The van der Waals surface area contributed by atoms with Crippen LogP contribution in [0.1, 0.15) is 67.7 Å². The molecule has 56 heavy (non-hydrogen) atoms. The Kier molecular flexibility index (Phi) is 8.91. The summed E-state index contributed by atoms with van der Waals surface area (Å²) in [6, 6.07) is 35.1. The molecule has 0 saturated heterocycles. The van der Waals surface area contributed by atoms with Crippen LogP contribution in [-0.2, 0) is 0 Å². The number of rotatable bonds is 9. The second-order valence-corrected chi connectivity index (χ2v) is 12.9. The summed E-state index contributed by atoms with van der Waals surface area (Å²) < 4.78 is 23.0. The van der Waals surface area contributed by atoms with Gasteiger partial charge >= 0.3 is 11.9 Å². The molecule has 0 N–H and O–H groups in total. The number of nitrogens with zero attached hydrogens (tertiary/aromatic N) is 2. The van der Waals surface area contributed by atoms with Crippen molar-refractivity contribution in [3.8, 4) is 34.5 Å². The molecular formula is C44H28N2O10. The van der Waals surface area contributed by atoms with Gasteiger partial charge in [-0.3, -0.25) is 24.1 Å². The van der Waals surface area contributed by atoms with Gasteiger partial charge in [0, 0.05) is 19.2 Å². The molecule has 0 radical (unpaired) electrons. The van der Waals surface area contributed by atoms with Crippen LogP contribution in [0.3, 0.4) is 0 Å². The number of anilines is 1. The summed E-state index contributed by atoms with van der Waals surface area (Å²) in [5.74, 6) is -1.41. The number of ether oxygens (including phenoxy) is 4. The molecule has 0 atom stereocenters. The van der Waals surface area contributed by atoms with Crippen LogP contribution >= 0.6 is 0 Å². The van der Waals surface area contributed by atoms with E-state index in [1.807, 2.05) is 31.2 Å². The maximum Gasteiger partial charge on any atom is 0.343 e. The molecule has 2 aliphatic rings. The van der Waals surface area contributed by atoms with Gasteiger partial charge in [0.05, 0.1) is 39.1 Å². The molecule has 12 heteroatoms. The maximum atomic E-state index is 13.6. The van der Waals surface area contributed by atoms with Gasteiger partial charge in [-0.1, -0.05) is 24.3 Å². The van der Waals surface area contributed by atoms with Gasteiger partial charge in [-0.2, -0.15) is 0 Å². The van der Waals surface area contributed by atoms with Crippen molar-refractivity contribution in [1.29, 1.82) is 0 Å². The van der Waals surface area contributed by atoms with Gasteiger partial charge in [0.15, 0.2) is 0 Å². The van der Waals surface area contributed by atoms with Gasteiger partial charge in [-0.05, 0) is 110 Å². The summed E-state index contributed by atoms with van der Waals surface area (Å²) in [7, 11) is 1.37. The molecule has 2 heterocycles. The summed E-state index contributed by atoms with van der Waals surface area (Å²) in [4.78, 5) is 79.3. The predicted molar refractivity (Wildman–Crippen MR) is 201 cm³/mol. The molecule has 0 bridgehead atoms. The Morgan fingerprint density at radius 2 is 0.893 bits per heavy atom. The molecule has 12 nitrogen and oxygen atoms in total. The maximum absolute atomic E-state index is 13.6. The predicted octanol–water partition coefficient (Wildman–Crippen LogP) is 8.04. The van der Waals surface area contributed by atoms with E-state index in [-0.39, 0.29) is 50.6 Å². The Morgan fingerprint density at radius 3 is 1.46 bits per heavy atom. The highest BCUT2D eigenvalue weighted by molar-refractivity contribution is 6.34. The monoisotopic (exact) mass is 744 g/mol. The summed E-state index contributed by atoms with van der Waals surface area (Å²) in [6.45, 7) is 1.98. The third kappa shape index (κ3) is 6.74. The van der Waals surface area contributed by atoms with E-state index in [1.165, 1.54) is 67.7 Å². The lowest BCUT2D eigenvalue weighted by atomic mass is 10.1. The summed E-state index contributed by atoms with van der Waals surface area (Å²) >= 11 is 0. The van der Waals surface area contributed by atoms with Crippen molar-refractivity contribution in [2.75, 3.05) is 11.9 Å². The first-order chi connectivity index (χ1) is 27.0. The summed E-state index contributed by atoms with van der Waals surface area (Å²) in [5.41, 5.74) is 2.09. The molecule has 0 spiro atoms. The minimum absolute atomic E-state index is 0.0281. The van der Waals surface area contributed by atoms with Crippen molar-refractivity contribution in [2.45, 2.75) is 6.92 Å². The lowest BCUT2D eigenvalue weighted by molar-refractivity contribution is 0.0686. The van der Waals surface area contributed by atoms with Crippen LogP contribution in [-0.4, -0.2) is 47.5 Å². The van der Waals surface area contributed by atoms with Crippen LogP contribution in [0.25, 0.3) is 0 Å². The second-order valence-electron chi connectivity index (χ2n) is 12.9. The zero-order chi connectivity index (χ0) is 39.1. The van der Waals surface area contributed by atoms with E-state index in [0.717, 1.165) is 15.4 Å². The second kappa shape index (κ2) is 14.2. The molecule has 6 aromatic carbocycles. The van der Waals surface area contributed by atoms with E-state index in [2.05, 4.69) is 0 Å². The van der Waals surface area contributed by atoms with Crippen LogP contribution in [0.5, 0.6) is 34.5 Å². The van der Waals surface area contributed by atoms with E-state index in [1.54, 1.807) is 48.5 Å². The Morgan fingerprint density at radius 1 is 0.446 bits per heavy atom. The lowest BCUT2D eigenvalue weighted by Gasteiger charge is -2.15. The summed E-state index contributed by atoms with van der Waals surface area (Å²) in [5, 5.41) is 0. The molecule has 6 aromatic rings. The van der Waals surface area contributed by atoms with Gasteiger partial charge in [-0.15, -0.1) is 0 Å². The number of fused-ring (bicyclic) bond motifs is 2. The van der Waals surface area contributed by atoms with Gasteiger partial charge in [0.25, 0.3) is 23.6 Å². The van der Waals surface area contributed by atoms with E-state index < -0.39 is 35.6 Å². The van der Waals surface area contributed by atoms with Gasteiger partial charge < -0.3 is 18.9 Å². The highest BCUT2D eigenvalue weighted by Crippen LogP contribution is 2.35. The number of imide groups is 2. The van der Waals surface area contributed by atoms with Crippen LogP contribution < -0.4 is 23.8 Å². The zero-order valence-corrected chi connectivity index (χ0v) is 29.7. The normalized spacial score (nSPS) is 13.0. The number of amides is 4. The summed E-state index contributed by atoms with van der Waals surface area (Å²) in [6.07, 6.45) is 0. The molecule has 8 rings (SSSR count). The first-order valence-corrected chi connectivity index (χ1v) is 17.2. The van der Waals surface area contributed by atoms with Crippen molar-refractivity contribution >= 4 is 41.3 Å². The molecule has 0 saturated carbocycles. The first kappa shape index (κ1) is 35.2. The minimum atomic E-state index is -0.775. The molecular weight excluding hydrogens is 716 g/mol. The minimum Gasteiger partial charge on any atom is -0.457 e. The van der Waals surface area contributed by atoms with Crippen molar-refractivity contribution < 1.29 is 47.7 Å². The fraction of sp³-hybridized carbons (Fsp3) is 0.0455. The first-order valence-electron chi connectivity index (χ1n) is 17.2. The Labute approximate surface area is 319 Å². The zero-order valence-electron chi connectivity index (χ0n) is 29.7. The average molecular weight is 745 g/mol. The molecule has 0 aromatic heterocycles. The number of benzene rings is 6. The smallest absolute Gasteiger partial charge is 0.343 e. The third-order valence-electron chi connectivity index (χ3n) is 9.04. The largest absolute Gasteiger partial charge is 0.457 e. The number of carbonyl (C=O) groups is 6. The van der Waals surface area contributed by atoms with Crippen molar-refractivity contribution in [3.63, 3.8) is 0 Å². The topological polar surface area (TPSA) is 146 Å².